The van der Waals surface area contributed by atoms with Crippen LogP contribution in [-0.2, 0) is 5.75 Å². The molecule has 0 aliphatic rings. The number of hydrogen-bond donors (Lipinski definition) is 1. The number of aromatic nitrogens is 3. The van der Waals surface area contributed by atoms with E-state index in [0.29, 0.717) is 16.5 Å². The van der Waals surface area contributed by atoms with Crippen molar-refractivity contribution in [2.75, 3.05) is 0 Å². The first kappa shape index (κ1) is 16.5. The van der Waals surface area contributed by atoms with Crippen LogP contribution < -0.4 is 0 Å². The lowest BCUT2D eigenvalue weighted by atomic mass is 10.2. The summed E-state index contributed by atoms with van der Waals surface area (Å²) in [6.07, 6.45) is 0. The lowest BCUT2D eigenvalue weighted by Gasteiger charge is -2.07. The molecule has 0 unspecified atom stereocenters. The van der Waals surface area contributed by atoms with Crippen molar-refractivity contribution in [1.82, 2.24) is 15.0 Å². The molecule has 0 aliphatic heterocycles. The van der Waals surface area contributed by atoms with E-state index in [1.54, 1.807) is 40.7 Å². The van der Waals surface area contributed by atoms with Crippen molar-refractivity contribution in [2.45, 2.75) is 17.6 Å². The quantitative estimate of drug-likeness (QED) is 0.691. The summed E-state index contributed by atoms with van der Waals surface area (Å²) in [6, 6.07) is 15.1. The summed E-state index contributed by atoms with van der Waals surface area (Å²) >= 11 is 7.45. The van der Waals surface area contributed by atoms with Crippen LogP contribution in [0, 0.1) is 6.92 Å². The van der Waals surface area contributed by atoms with E-state index in [4.69, 9.17) is 11.6 Å². The predicted molar refractivity (Wildman–Crippen MR) is 94.1 cm³/mol. The molecule has 0 atom stereocenters. The Hall–Kier alpha value is -2.31. The van der Waals surface area contributed by atoms with Crippen molar-refractivity contribution in [3.8, 4) is 5.69 Å². The van der Waals surface area contributed by atoms with Crippen molar-refractivity contribution in [2.24, 2.45) is 0 Å². The molecule has 1 heterocycles. The molecular weight excluding hydrogens is 346 g/mol. The van der Waals surface area contributed by atoms with Crippen LogP contribution in [0.15, 0.2) is 53.4 Å². The average molecular weight is 360 g/mol. The van der Waals surface area contributed by atoms with Gasteiger partial charge in [0, 0.05) is 15.7 Å². The number of nitrogens with zero attached hydrogens (tertiary/aromatic N) is 3. The minimum absolute atomic E-state index is 0.0374. The van der Waals surface area contributed by atoms with Gasteiger partial charge in [-0.15, -0.1) is 16.9 Å². The third kappa shape index (κ3) is 3.60. The van der Waals surface area contributed by atoms with E-state index < -0.39 is 5.97 Å². The molecule has 122 valence electrons. The van der Waals surface area contributed by atoms with Crippen molar-refractivity contribution in [3.63, 3.8) is 0 Å². The number of carboxylic acids is 1. The van der Waals surface area contributed by atoms with E-state index in [-0.39, 0.29) is 5.69 Å². The van der Waals surface area contributed by atoms with Gasteiger partial charge in [-0.05, 0) is 43.3 Å². The highest BCUT2D eigenvalue weighted by atomic mass is 35.5. The molecule has 0 spiro atoms. The first-order chi connectivity index (χ1) is 11.5. The fourth-order valence-electron chi connectivity index (χ4n) is 2.17. The van der Waals surface area contributed by atoms with Crippen LogP contribution in [-0.4, -0.2) is 26.1 Å². The standard InChI is InChI=1S/C17H14ClN3O2S/c1-11-2-8-14(9-3-11)24-10-15-16(17(22)23)19-20-21(15)13-6-4-12(18)5-7-13/h2-9H,10H2,1H3,(H,22,23). The third-order valence-corrected chi connectivity index (χ3v) is 4.71. The topological polar surface area (TPSA) is 68.0 Å². The Morgan fingerprint density at radius 1 is 1.17 bits per heavy atom. The van der Waals surface area contributed by atoms with Crippen LogP contribution >= 0.6 is 23.4 Å². The molecule has 0 saturated heterocycles. The van der Waals surface area contributed by atoms with E-state index in [1.165, 1.54) is 5.56 Å². The smallest absolute Gasteiger partial charge is 0.358 e. The average Bonchev–Trinajstić information content (AvgIpc) is 2.99. The Kier molecular flexibility index (Phi) is 4.87. The Balaban J connectivity index is 1.92. The molecule has 0 saturated carbocycles. The molecule has 0 fully saturated rings. The lowest BCUT2D eigenvalue weighted by Crippen LogP contribution is -2.05. The molecule has 3 rings (SSSR count). The molecule has 24 heavy (non-hydrogen) atoms. The number of carboxylic acid groups (broad SMARTS) is 1. The number of carbonyl (C=O) groups is 1. The van der Waals surface area contributed by atoms with Gasteiger partial charge in [-0.25, -0.2) is 9.48 Å². The third-order valence-electron chi connectivity index (χ3n) is 3.43. The molecule has 0 amide bonds. The highest BCUT2D eigenvalue weighted by Gasteiger charge is 2.20. The van der Waals surface area contributed by atoms with Gasteiger partial charge in [-0.2, -0.15) is 0 Å². The molecular formula is C17H14ClN3O2S. The van der Waals surface area contributed by atoms with E-state index in [0.717, 1.165) is 10.6 Å². The number of aryl methyl sites for hydroxylation is 1. The monoisotopic (exact) mass is 359 g/mol. The second-order valence-corrected chi connectivity index (χ2v) is 6.67. The second-order valence-electron chi connectivity index (χ2n) is 5.18. The zero-order valence-electron chi connectivity index (χ0n) is 12.8. The van der Waals surface area contributed by atoms with Gasteiger partial charge in [0.2, 0.25) is 0 Å². The van der Waals surface area contributed by atoms with Crippen LogP contribution in [0.1, 0.15) is 21.7 Å². The number of rotatable bonds is 5. The van der Waals surface area contributed by atoms with Gasteiger partial charge < -0.3 is 5.11 Å². The maximum atomic E-state index is 11.4. The zero-order valence-corrected chi connectivity index (χ0v) is 14.4. The number of aromatic carboxylic acids is 1. The van der Waals surface area contributed by atoms with Gasteiger partial charge in [-0.1, -0.05) is 34.5 Å². The molecule has 1 aromatic heterocycles. The Morgan fingerprint density at radius 2 is 1.83 bits per heavy atom. The van der Waals surface area contributed by atoms with Crippen LogP contribution in [0.4, 0.5) is 0 Å². The van der Waals surface area contributed by atoms with Crippen LogP contribution in [0.25, 0.3) is 5.69 Å². The minimum Gasteiger partial charge on any atom is -0.476 e. The first-order valence-corrected chi connectivity index (χ1v) is 8.54. The minimum atomic E-state index is -1.09. The summed E-state index contributed by atoms with van der Waals surface area (Å²) in [6.45, 7) is 2.02. The van der Waals surface area contributed by atoms with Crippen molar-refractivity contribution >= 4 is 29.3 Å². The summed E-state index contributed by atoms with van der Waals surface area (Å²) in [4.78, 5) is 12.5. The van der Waals surface area contributed by atoms with E-state index in [2.05, 4.69) is 10.3 Å². The second kappa shape index (κ2) is 7.07. The number of hydrogen-bond acceptors (Lipinski definition) is 4. The van der Waals surface area contributed by atoms with E-state index in [1.807, 2.05) is 31.2 Å². The summed E-state index contributed by atoms with van der Waals surface area (Å²) in [5.74, 6) is -0.643. The van der Waals surface area contributed by atoms with Crippen molar-refractivity contribution in [3.05, 3.63) is 70.5 Å². The number of halogens is 1. The highest BCUT2D eigenvalue weighted by molar-refractivity contribution is 7.98. The molecule has 3 aromatic rings. The first-order valence-electron chi connectivity index (χ1n) is 7.18. The van der Waals surface area contributed by atoms with Crippen molar-refractivity contribution in [1.29, 1.82) is 0 Å². The summed E-state index contributed by atoms with van der Waals surface area (Å²) in [7, 11) is 0. The van der Waals surface area contributed by atoms with Crippen LogP contribution in [0.2, 0.25) is 5.02 Å². The summed E-state index contributed by atoms with van der Waals surface area (Å²) in [5, 5.41) is 17.8. The molecule has 0 radical (unpaired) electrons. The molecule has 7 heteroatoms. The van der Waals surface area contributed by atoms with Crippen molar-refractivity contribution < 1.29 is 9.90 Å². The Morgan fingerprint density at radius 3 is 2.46 bits per heavy atom. The molecule has 0 bridgehead atoms. The van der Waals surface area contributed by atoms with Gasteiger partial charge in [0.1, 0.15) is 0 Å². The normalized spacial score (nSPS) is 10.8. The number of thioether (sulfide) groups is 1. The maximum absolute atomic E-state index is 11.4. The van der Waals surface area contributed by atoms with Crippen LogP contribution in [0.5, 0.6) is 0 Å². The van der Waals surface area contributed by atoms with Gasteiger partial charge in [0.15, 0.2) is 5.69 Å². The molecule has 5 nitrogen and oxygen atoms in total. The molecule has 1 N–H and O–H groups in total. The highest BCUT2D eigenvalue weighted by Crippen LogP contribution is 2.26. The fraction of sp³-hybridized carbons (Fsp3) is 0.118. The van der Waals surface area contributed by atoms with Crippen LogP contribution in [0.3, 0.4) is 0 Å². The predicted octanol–water partition coefficient (Wildman–Crippen LogP) is 4.22. The fourth-order valence-corrected chi connectivity index (χ4v) is 3.19. The lowest BCUT2D eigenvalue weighted by molar-refractivity contribution is 0.0689. The van der Waals surface area contributed by atoms with Gasteiger partial charge in [-0.3, -0.25) is 0 Å². The van der Waals surface area contributed by atoms with Gasteiger partial charge in [0.05, 0.1) is 11.4 Å². The zero-order chi connectivity index (χ0) is 17.1. The number of benzene rings is 2. The summed E-state index contributed by atoms with van der Waals surface area (Å²) < 4.78 is 1.54. The SMILES string of the molecule is Cc1ccc(SCc2c(C(=O)O)nnn2-c2ccc(Cl)cc2)cc1. The summed E-state index contributed by atoms with van der Waals surface area (Å²) in [5.41, 5.74) is 2.40. The molecule has 0 aliphatic carbocycles. The maximum Gasteiger partial charge on any atom is 0.358 e. The van der Waals surface area contributed by atoms with Gasteiger partial charge >= 0.3 is 5.97 Å². The van der Waals surface area contributed by atoms with Gasteiger partial charge in [0.25, 0.3) is 0 Å². The molecule has 2 aromatic carbocycles. The van der Waals surface area contributed by atoms with E-state index in [9.17, 15) is 9.90 Å². The Labute approximate surface area is 148 Å². The Bertz CT molecular complexity index is 861. The largest absolute Gasteiger partial charge is 0.476 e. The van der Waals surface area contributed by atoms with E-state index >= 15 is 0 Å².